The van der Waals surface area contributed by atoms with Crippen molar-refractivity contribution < 1.29 is 8.83 Å². The number of nitrogens with zero attached hydrogens (tertiary/aromatic N) is 5. The molecule has 7 nitrogen and oxygen atoms in total. The van der Waals surface area contributed by atoms with Crippen LogP contribution in [0, 0.1) is 0 Å². The molecule has 0 bridgehead atoms. The van der Waals surface area contributed by atoms with Crippen molar-refractivity contribution in [3.05, 3.63) is 314 Å². The Labute approximate surface area is 580 Å². The number of fused-ring (bicyclic) bond motifs is 16. The first-order valence-corrected chi connectivity index (χ1v) is 34.8. The standard InChI is InChI=1S/C92H68BN5O2/c1-91(2,3)58-38-42-64(43-39-58)96-81-55-80-73(76-52-67(95(62-28-15-9-16-29-62)63-30-17-10-18-31-63)51-75-72-50-66(46-47-79(72)98(80)89(75)76)94(60-24-11-7-12-25-60)61-26-13-8-14-27-61)53-77(81)93-78-54-74-70-33-20-21-36-85(70)99-87(74)56-82(78)97(65-44-40-59(41-45-65)92(4,5)6)84-49-57(48-83(96)88(84)93)68-34-23-35-71-69-32-19-22-37-86(69)100-90(68)71/h7-56H,1-6H3. The minimum Gasteiger partial charge on any atom is -0.456 e. The fourth-order valence-electron chi connectivity index (χ4n) is 16.6. The molecule has 6 heterocycles. The van der Waals surface area contributed by atoms with E-state index in [4.69, 9.17) is 8.83 Å². The Kier molecular flexibility index (Phi) is 12.5. The van der Waals surface area contributed by atoms with Gasteiger partial charge in [0, 0.05) is 123 Å². The summed E-state index contributed by atoms with van der Waals surface area (Å²) in [7, 11) is 0. The predicted octanol–water partition coefficient (Wildman–Crippen LogP) is 23.9. The third-order valence-corrected chi connectivity index (χ3v) is 21.3. The van der Waals surface area contributed by atoms with E-state index in [2.05, 4.69) is 369 Å². The topological polar surface area (TPSA) is 43.7 Å². The van der Waals surface area contributed by atoms with Crippen molar-refractivity contribution in [3.63, 3.8) is 0 Å². The maximum Gasteiger partial charge on any atom is 0.252 e. The number of hydrogen-bond donors (Lipinski definition) is 0. The minimum atomic E-state index is -0.255. The van der Waals surface area contributed by atoms with Gasteiger partial charge in [0.2, 0.25) is 0 Å². The van der Waals surface area contributed by atoms with Gasteiger partial charge < -0.3 is 32.8 Å². The minimum absolute atomic E-state index is 0.0598. The molecule has 14 aromatic carbocycles. The molecule has 0 unspecified atom stereocenters. The van der Waals surface area contributed by atoms with Gasteiger partial charge in [0.05, 0.1) is 16.6 Å². The van der Waals surface area contributed by atoms with E-state index in [0.29, 0.717) is 0 Å². The van der Waals surface area contributed by atoms with Gasteiger partial charge in [0.1, 0.15) is 22.3 Å². The van der Waals surface area contributed by atoms with Crippen molar-refractivity contribution in [2.75, 3.05) is 19.6 Å². The molecule has 100 heavy (non-hydrogen) atoms. The SMILES string of the molecule is CC(C)(C)c1ccc(N2c3cc4oc5ccccc5c4cc3B3c4cc5c6cc(N(c7ccccc7)c7ccccc7)cc7c8cc(N(c9ccccc9)c9ccccc9)ccc8n(c5cc4N(c4ccc(C(C)(C)C)cc4)c4cc(-c5cccc8c5oc5ccccc58)cc2c43)c76)cc1. The van der Waals surface area contributed by atoms with Crippen molar-refractivity contribution in [1.82, 2.24) is 4.40 Å². The Hall–Kier alpha value is -12.3. The van der Waals surface area contributed by atoms with Gasteiger partial charge in [-0.25, -0.2) is 0 Å². The smallest absolute Gasteiger partial charge is 0.252 e. The second kappa shape index (κ2) is 21.6. The number of furan rings is 2. The molecule has 0 atom stereocenters. The quantitative estimate of drug-likeness (QED) is 0.134. The zero-order chi connectivity index (χ0) is 66.9. The van der Waals surface area contributed by atoms with Gasteiger partial charge in [-0.1, -0.05) is 205 Å². The summed E-state index contributed by atoms with van der Waals surface area (Å²) in [5.41, 5.74) is 28.0. The molecular weight excluding hydrogens is 1220 g/mol. The zero-order valence-electron chi connectivity index (χ0n) is 56.5. The summed E-state index contributed by atoms with van der Waals surface area (Å²) in [6, 6.07) is 112. The van der Waals surface area contributed by atoms with Crippen molar-refractivity contribution >= 4 is 173 Å². The Morgan fingerprint density at radius 1 is 0.310 bits per heavy atom. The predicted molar refractivity (Wildman–Crippen MR) is 422 cm³/mol. The average molecular weight is 1290 g/mol. The summed E-state index contributed by atoms with van der Waals surface area (Å²) in [5, 5.41) is 9.07. The van der Waals surface area contributed by atoms with E-state index >= 15 is 0 Å². The third kappa shape index (κ3) is 8.79. The molecule has 18 aromatic rings. The van der Waals surface area contributed by atoms with Crippen LogP contribution in [-0.2, 0) is 10.8 Å². The highest BCUT2D eigenvalue weighted by molar-refractivity contribution is 7.00. The van der Waals surface area contributed by atoms with Crippen LogP contribution in [0.5, 0.6) is 0 Å². The molecule has 0 fully saturated rings. The largest absolute Gasteiger partial charge is 0.456 e. The van der Waals surface area contributed by atoms with E-state index in [9.17, 15) is 0 Å². The molecule has 0 spiro atoms. The lowest BCUT2D eigenvalue weighted by Gasteiger charge is -2.44. The summed E-state index contributed by atoms with van der Waals surface area (Å²) in [5.74, 6) is 0. The Bertz CT molecular complexity index is 6230. The highest BCUT2D eigenvalue weighted by atomic mass is 16.3. The molecule has 0 aliphatic carbocycles. The number of hydrogen-bond acceptors (Lipinski definition) is 6. The average Bonchev–Trinajstić information content (AvgIpc) is 1.27. The second-order valence-corrected chi connectivity index (χ2v) is 29.3. The number of anilines is 12. The normalized spacial score (nSPS) is 13.0. The Balaban J connectivity index is 0.931. The fraction of sp³-hybridized carbons (Fsp3) is 0.0870. The van der Waals surface area contributed by atoms with Crippen LogP contribution in [-0.4, -0.2) is 11.1 Å². The van der Waals surface area contributed by atoms with E-state index in [0.717, 1.165) is 134 Å². The van der Waals surface area contributed by atoms with Crippen LogP contribution < -0.4 is 36.0 Å². The number of rotatable bonds is 9. The lowest BCUT2D eigenvalue weighted by molar-refractivity contribution is 0.590. The van der Waals surface area contributed by atoms with Crippen LogP contribution >= 0.6 is 0 Å². The summed E-state index contributed by atoms with van der Waals surface area (Å²) < 4.78 is 16.6. The molecule has 0 saturated heterocycles. The fourth-order valence-corrected chi connectivity index (χ4v) is 16.6. The highest BCUT2D eigenvalue weighted by Gasteiger charge is 2.45. The van der Waals surface area contributed by atoms with Gasteiger partial charge in [-0.3, -0.25) is 0 Å². The van der Waals surface area contributed by atoms with Gasteiger partial charge in [0.25, 0.3) is 6.71 Å². The van der Waals surface area contributed by atoms with Crippen molar-refractivity contribution in [1.29, 1.82) is 0 Å². The van der Waals surface area contributed by atoms with Gasteiger partial charge in [-0.15, -0.1) is 0 Å². The maximum absolute atomic E-state index is 7.02. The van der Waals surface area contributed by atoms with E-state index in [1.165, 1.54) is 54.6 Å². The Morgan fingerprint density at radius 2 is 0.760 bits per heavy atom. The lowest BCUT2D eigenvalue weighted by atomic mass is 9.33. The molecule has 0 radical (unpaired) electrons. The molecule has 0 amide bonds. The van der Waals surface area contributed by atoms with Crippen LogP contribution in [0.15, 0.2) is 312 Å². The third-order valence-electron chi connectivity index (χ3n) is 21.3. The molecule has 0 saturated carbocycles. The lowest BCUT2D eigenvalue weighted by Crippen LogP contribution is -2.61. The van der Waals surface area contributed by atoms with E-state index in [1.54, 1.807) is 0 Å². The molecule has 2 aliphatic heterocycles. The first-order chi connectivity index (χ1) is 48.9. The number of para-hydroxylation sites is 7. The van der Waals surface area contributed by atoms with Crippen LogP contribution in [0.25, 0.3) is 93.1 Å². The van der Waals surface area contributed by atoms with Gasteiger partial charge in [-0.05, 0) is 177 Å². The van der Waals surface area contributed by atoms with E-state index in [1.807, 2.05) is 0 Å². The van der Waals surface area contributed by atoms with Crippen LogP contribution in [0.1, 0.15) is 52.7 Å². The number of benzene rings is 14. The van der Waals surface area contributed by atoms with E-state index in [-0.39, 0.29) is 17.5 Å². The molecule has 4 aromatic heterocycles. The first-order valence-electron chi connectivity index (χ1n) is 34.8. The molecule has 476 valence electrons. The van der Waals surface area contributed by atoms with Gasteiger partial charge in [-0.2, -0.15) is 0 Å². The molecular formula is C92H68BN5O2. The van der Waals surface area contributed by atoms with Gasteiger partial charge in [0.15, 0.2) is 0 Å². The van der Waals surface area contributed by atoms with Gasteiger partial charge >= 0.3 is 0 Å². The summed E-state index contributed by atoms with van der Waals surface area (Å²) >= 11 is 0. The van der Waals surface area contributed by atoms with Crippen molar-refractivity contribution in [2.45, 2.75) is 52.4 Å². The summed E-state index contributed by atoms with van der Waals surface area (Å²) in [4.78, 5) is 9.93. The second-order valence-electron chi connectivity index (χ2n) is 29.3. The molecule has 2 aliphatic rings. The van der Waals surface area contributed by atoms with Crippen LogP contribution in [0.2, 0.25) is 0 Å². The first kappa shape index (κ1) is 57.9. The zero-order valence-corrected chi connectivity index (χ0v) is 56.5. The summed E-state index contributed by atoms with van der Waals surface area (Å²) in [6.45, 7) is 13.5. The monoisotopic (exact) mass is 1290 g/mol. The molecule has 20 rings (SSSR count). The van der Waals surface area contributed by atoms with E-state index < -0.39 is 0 Å². The highest BCUT2D eigenvalue weighted by Crippen LogP contribution is 2.52. The van der Waals surface area contributed by atoms with Crippen molar-refractivity contribution in [2.24, 2.45) is 0 Å². The molecule has 8 heteroatoms. The van der Waals surface area contributed by atoms with Crippen molar-refractivity contribution in [3.8, 4) is 11.1 Å². The molecule has 0 N–H and O–H groups in total. The Morgan fingerprint density at radius 3 is 1.30 bits per heavy atom. The van der Waals surface area contributed by atoms with Crippen LogP contribution in [0.3, 0.4) is 0 Å². The number of aromatic nitrogens is 1. The summed E-state index contributed by atoms with van der Waals surface area (Å²) in [6.07, 6.45) is 0. The van der Waals surface area contributed by atoms with Crippen LogP contribution in [0.4, 0.5) is 68.2 Å². The maximum atomic E-state index is 7.02.